The van der Waals surface area contributed by atoms with Gasteiger partial charge in [-0.25, -0.2) is 0 Å². The lowest BCUT2D eigenvalue weighted by Gasteiger charge is -2.31. The third-order valence-electron chi connectivity index (χ3n) is 1.39. The Hall–Kier alpha value is -1.82. The second kappa shape index (κ2) is 4.14. The quantitative estimate of drug-likeness (QED) is 0.463. The number of hydrogen-bond donors (Lipinski definition) is 0. The van der Waals surface area contributed by atoms with E-state index in [1.807, 2.05) is 6.07 Å². The highest BCUT2D eigenvalue weighted by atomic mass is 19.3. The average Bonchev–Trinajstić information content (AvgIpc) is 2.15. The molecule has 1 rings (SSSR count). The fraction of sp³-hybridized carbons (Fsp3) is 0.333. The first kappa shape index (κ1) is 13.2. The molecule has 0 fully saturated rings. The van der Waals surface area contributed by atoms with E-state index in [4.69, 9.17) is 10.5 Å². The standard InChI is InChI=1S/C5HF4N.C4H5N/c6-4(7)1-3(2-10)5(4,8)9;1-4(2)3-5/h1H;1H2,2H3. The molecule has 0 N–H and O–H groups in total. The largest absolute Gasteiger partial charge is 0.348 e. The fourth-order valence-electron chi connectivity index (χ4n) is 0.567. The van der Waals surface area contributed by atoms with Crippen molar-refractivity contribution >= 4 is 0 Å². The first-order valence-electron chi connectivity index (χ1n) is 3.63. The van der Waals surface area contributed by atoms with E-state index >= 15 is 0 Å². The number of nitriles is 2. The summed E-state index contributed by atoms with van der Waals surface area (Å²) in [6.45, 7) is 4.98. The minimum atomic E-state index is -4.25. The average molecular weight is 218 g/mol. The van der Waals surface area contributed by atoms with Gasteiger partial charge in [0.1, 0.15) is 11.6 Å². The topological polar surface area (TPSA) is 47.6 Å². The molecule has 2 nitrogen and oxygen atoms in total. The van der Waals surface area contributed by atoms with Crippen LogP contribution in [0.15, 0.2) is 23.8 Å². The number of nitrogens with zero attached hydrogens (tertiary/aromatic N) is 2. The molecule has 0 saturated heterocycles. The van der Waals surface area contributed by atoms with Gasteiger partial charge in [-0.3, -0.25) is 0 Å². The van der Waals surface area contributed by atoms with Gasteiger partial charge in [-0.15, -0.1) is 0 Å². The summed E-state index contributed by atoms with van der Waals surface area (Å²) in [5, 5.41) is 15.6. The molecule has 80 valence electrons. The van der Waals surface area contributed by atoms with Gasteiger partial charge in [0.2, 0.25) is 0 Å². The van der Waals surface area contributed by atoms with E-state index in [1.54, 1.807) is 6.92 Å². The third kappa shape index (κ3) is 2.57. The highest BCUT2D eigenvalue weighted by molar-refractivity contribution is 5.44. The maximum atomic E-state index is 11.9. The van der Waals surface area contributed by atoms with Gasteiger partial charge in [-0.05, 0) is 6.92 Å². The number of alkyl halides is 4. The van der Waals surface area contributed by atoms with Crippen LogP contribution in [0.5, 0.6) is 0 Å². The zero-order chi connectivity index (χ0) is 12.3. The molecule has 0 bridgehead atoms. The minimum absolute atomic E-state index is 0.0347. The Morgan fingerprint density at radius 3 is 1.80 bits per heavy atom. The van der Waals surface area contributed by atoms with Crippen LogP contribution < -0.4 is 0 Å². The van der Waals surface area contributed by atoms with Gasteiger partial charge in [0.25, 0.3) is 0 Å². The lowest BCUT2D eigenvalue weighted by Crippen LogP contribution is -2.48. The molecule has 6 heteroatoms. The summed E-state index contributed by atoms with van der Waals surface area (Å²) in [4.78, 5) is 0. The second-order valence-corrected chi connectivity index (χ2v) is 2.76. The predicted octanol–water partition coefficient (Wildman–Crippen LogP) is 2.81. The van der Waals surface area contributed by atoms with E-state index in [2.05, 4.69) is 6.58 Å². The monoisotopic (exact) mass is 218 g/mol. The van der Waals surface area contributed by atoms with Crippen LogP contribution in [0.1, 0.15) is 6.92 Å². The van der Waals surface area contributed by atoms with E-state index in [0.29, 0.717) is 5.57 Å². The van der Waals surface area contributed by atoms with Gasteiger partial charge >= 0.3 is 11.8 Å². The maximum absolute atomic E-state index is 11.9. The van der Waals surface area contributed by atoms with Crippen LogP contribution in [0.4, 0.5) is 17.6 Å². The smallest absolute Gasteiger partial charge is 0.195 e. The Bertz CT molecular complexity index is 382. The van der Waals surface area contributed by atoms with Crippen molar-refractivity contribution in [2.75, 3.05) is 0 Å². The molecule has 0 atom stereocenters. The summed E-state index contributed by atoms with van der Waals surface area (Å²) in [7, 11) is 0. The SMILES string of the molecule is C=C(C)C#N.N#CC1=CC(F)(F)C1(F)F. The van der Waals surface area contributed by atoms with Crippen molar-refractivity contribution in [3.8, 4) is 12.1 Å². The van der Waals surface area contributed by atoms with Crippen molar-refractivity contribution in [3.05, 3.63) is 23.8 Å². The number of hydrogen-bond acceptors (Lipinski definition) is 2. The first-order chi connectivity index (χ1) is 6.69. The molecule has 0 spiro atoms. The first-order valence-corrected chi connectivity index (χ1v) is 3.63. The van der Waals surface area contributed by atoms with Crippen molar-refractivity contribution in [3.63, 3.8) is 0 Å². The summed E-state index contributed by atoms with van der Waals surface area (Å²) in [5.41, 5.74) is -0.595. The molecule has 0 unspecified atom stereocenters. The van der Waals surface area contributed by atoms with Crippen LogP contribution in [-0.2, 0) is 0 Å². The Morgan fingerprint density at radius 1 is 1.33 bits per heavy atom. The molecule has 0 saturated carbocycles. The molecule has 1 aliphatic carbocycles. The van der Waals surface area contributed by atoms with Gasteiger partial charge in [0.05, 0.1) is 6.07 Å². The number of halogens is 4. The molecule has 0 amide bonds. The maximum Gasteiger partial charge on any atom is 0.348 e. The van der Waals surface area contributed by atoms with E-state index in [0.717, 1.165) is 6.07 Å². The lowest BCUT2D eigenvalue weighted by molar-refractivity contribution is -0.176. The van der Waals surface area contributed by atoms with E-state index in [-0.39, 0.29) is 6.08 Å². The number of allylic oxidation sites excluding steroid dienone is 3. The highest BCUT2D eigenvalue weighted by Crippen LogP contribution is 2.49. The highest BCUT2D eigenvalue weighted by Gasteiger charge is 2.65. The van der Waals surface area contributed by atoms with Crippen LogP contribution in [-0.4, -0.2) is 11.8 Å². The molecule has 0 radical (unpaired) electrons. The van der Waals surface area contributed by atoms with Gasteiger partial charge in [0.15, 0.2) is 0 Å². The summed E-state index contributed by atoms with van der Waals surface area (Å²) < 4.78 is 47.4. The van der Waals surface area contributed by atoms with Gasteiger partial charge in [0, 0.05) is 11.6 Å². The summed E-state index contributed by atoms with van der Waals surface area (Å²) in [5.74, 6) is -8.38. The fourth-order valence-corrected chi connectivity index (χ4v) is 0.567. The summed E-state index contributed by atoms with van der Waals surface area (Å²) in [6, 6.07) is 2.81. The Balaban J connectivity index is 0.000000336. The lowest BCUT2D eigenvalue weighted by atomic mass is 9.90. The molecule has 0 aromatic carbocycles. The number of rotatable bonds is 0. The van der Waals surface area contributed by atoms with Crippen LogP contribution in [0.3, 0.4) is 0 Å². The van der Waals surface area contributed by atoms with Crippen molar-refractivity contribution in [1.82, 2.24) is 0 Å². The molecule has 15 heavy (non-hydrogen) atoms. The van der Waals surface area contributed by atoms with Crippen molar-refractivity contribution < 1.29 is 17.6 Å². The zero-order valence-electron chi connectivity index (χ0n) is 7.69. The van der Waals surface area contributed by atoms with Crippen molar-refractivity contribution in [2.24, 2.45) is 0 Å². The van der Waals surface area contributed by atoms with E-state index < -0.39 is 17.4 Å². The normalized spacial score (nSPS) is 19.3. The Morgan fingerprint density at radius 2 is 1.73 bits per heavy atom. The molecular formula is C9H6F4N2. The second-order valence-electron chi connectivity index (χ2n) is 2.76. The van der Waals surface area contributed by atoms with E-state index in [1.165, 1.54) is 0 Å². The Labute approximate surface area is 83.7 Å². The Kier molecular flexibility index (Phi) is 3.64. The molecule has 0 aromatic rings. The molecule has 1 aliphatic rings. The van der Waals surface area contributed by atoms with Gasteiger partial charge in [-0.2, -0.15) is 28.1 Å². The summed E-state index contributed by atoms with van der Waals surface area (Å²) >= 11 is 0. The van der Waals surface area contributed by atoms with E-state index in [9.17, 15) is 17.6 Å². The predicted molar refractivity (Wildman–Crippen MR) is 44.0 cm³/mol. The van der Waals surface area contributed by atoms with Gasteiger partial charge < -0.3 is 0 Å². The zero-order valence-corrected chi connectivity index (χ0v) is 7.69. The van der Waals surface area contributed by atoms with Crippen LogP contribution >= 0.6 is 0 Å². The van der Waals surface area contributed by atoms with Gasteiger partial charge in [-0.1, -0.05) is 6.58 Å². The third-order valence-corrected chi connectivity index (χ3v) is 1.39. The molecular weight excluding hydrogens is 212 g/mol. The van der Waals surface area contributed by atoms with Crippen LogP contribution in [0.25, 0.3) is 0 Å². The van der Waals surface area contributed by atoms with Crippen molar-refractivity contribution in [1.29, 1.82) is 10.5 Å². The summed E-state index contributed by atoms with van der Waals surface area (Å²) in [6.07, 6.45) is -0.0347. The molecule has 0 aliphatic heterocycles. The molecule has 0 aromatic heterocycles. The molecule has 0 heterocycles. The van der Waals surface area contributed by atoms with Crippen molar-refractivity contribution in [2.45, 2.75) is 18.8 Å². The minimum Gasteiger partial charge on any atom is -0.195 e. The van der Waals surface area contributed by atoms with Crippen LogP contribution in [0, 0.1) is 22.7 Å². The van der Waals surface area contributed by atoms with Crippen LogP contribution in [0.2, 0.25) is 0 Å².